The van der Waals surface area contributed by atoms with Gasteiger partial charge >= 0.3 is 0 Å². The molecule has 0 saturated heterocycles. The number of nitrogens with one attached hydrogen (secondary N) is 1. The molecule has 2 aromatic carbocycles. The molecule has 2 heterocycles. The molecule has 128 valence electrons. The van der Waals surface area contributed by atoms with Gasteiger partial charge < -0.3 is 5.32 Å². The Morgan fingerprint density at radius 2 is 1.88 bits per heavy atom. The Morgan fingerprint density at radius 3 is 2.65 bits per heavy atom. The van der Waals surface area contributed by atoms with Crippen LogP contribution >= 0.6 is 11.3 Å². The van der Waals surface area contributed by atoms with Crippen LogP contribution < -0.4 is 5.32 Å². The number of aromatic nitrogens is 1. The Hall–Kier alpha value is -2.98. The van der Waals surface area contributed by atoms with E-state index in [1.54, 1.807) is 11.3 Å². The number of nitrogens with zero attached hydrogens (tertiary/aromatic N) is 1. The van der Waals surface area contributed by atoms with E-state index in [2.05, 4.69) is 30.4 Å². The number of amides is 1. The van der Waals surface area contributed by atoms with E-state index < -0.39 is 0 Å². The van der Waals surface area contributed by atoms with E-state index in [1.165, 1.54) is 5.56 Å². The van der Waals surface area contributed by atoms with E-state index >= 15 is 0 Å². The monoisotopic (exact) mass is 358 g/mol. The van der Waals surface area contributed by atoms with Crippen molar-refractivity contribution in [1.82, 2.24) is 4.98 Å². The minimum absolute atomic E-state index is 0.000556. The molecular formula is C22H18N2OS. The Labute approximate surface area is 156 Å². The van der Waals surface area contributed by atoms with Gasteiger partial charge in [0.1, 0.15) is 0 Å². The second-order valence-corrected chi connectivity index (χ2v) is 7.31. The molecule has 1 N–H and O–H groups in total. The standard InChI is InChI=1S/C22H18N2OS/c1-15-4-10-21-17(13-15)7-11-20(24-21)16-5-8-18(9-6-16)23-22(25)14-19-3-2-12-26-19/h2-13H,14H2,1H3,(H,23,25). The minimum Gasteiger partial charge on any atom is -0.326 e. The quantitative estimate of drug-likeness (QED) is 0.527. The largest absolute Gasteiger partial charge is 0.326 e. The van der Waals surface area contributed by atoms with E-state index in [0.717, 1.165) is 32.7 Å². The van der Waals surface area contributed by atoms with Crippen molar-refractivity contribution in [2.45, 2.75) is 13.3 Å². The Bertz CT molecular complexity index is 1050. The first-order valence-corrected chi connectivity index (χ1v) is 9.35. The van der Waals surface area contributed by atoms with Gasteiger partial charge in [-0.1, -0.05) is 35.9 Å². The predicted octanol–water partition coefficient (Wildman–Crippen LogP) is 5.45. The van der Waals surface area contributed by atoms with Crippen molar-refractivity contribution in [2.75, 3.05) is 5.32 Å². The highest BCUT2D eigenvalue weighted by Crippen LogP contribution is 2.23. The van der Waals surface area contributed by atoms with Crippen LogP contribution in [0.3, 0.4) is 0 Å². The number of anilines is 1. The highest BCUT2D eigenvalue weighted by atomic mass is 32.1. The Morgan fingerprint density at radius 1 is 1.04 bits per heavy atom. The zero-order valence-corrected chi connectivity index (χ0v) is 15.2. The summed E-state index contributed by atoms with van der Waals surface area (Å²) < 4.78 is 0. The molecule has 26 heavy (non-hydrogen) atoms. The average molecular weight is 358 g/mol. The molecule has 0 aliphatic heterocycles. The lowest BCUT2D eigenvalue weighted by atomic mass is 10.1. The number of carbonyl (C=O) groups excluding carboxylic acids is 1. The van der Waals surface area contributed by atoms with Crippen LogP contribution in [-0.4, -0.2) is 10.9 Å². The van der Waals surface area contributed by atoms with Gasteiger partial charge in [0.15, 0.2) is 0 Å². The van der Waals surface area contributed by atoms with Crippen molar-refractivity contribution in [3.63, 3.8) is 0 Å². The van der Waals surface area contributed by atoms with Crippen LogP contribution in [0.25, 0.3) is 22.2 Å². The number of rotatable bonds is 4. The Balaban J connectivity index is 1.50. The molecule has 3 nitrogen and oxygen atoms in total. The summed E-state index contributed by atoms with van der Waals surface area (Å²) in [6.07, 6.45) is 0.408. The maximum Gasteiger partial charge on any atom is 0.229 e. The average Bonchev–Trinajstić information content (AvgIpc) is 3.15. The van der Waals surface area contributed by atoms with E-state index in [4.69, 9.17) is 4.98 Å². The first-order chi connectivity index (χ1) is 12.7. The molecule has 0 unspecified atom stereocenters. The van der Waals surface area contributed by atoms with Crippen molar-refractivity contribution in [2.24, 2.45) is 0 Å². The number of aryl methyl sites for hydroxylation is 1. The molecule has 4 heteroatoms. The van der Waals surface area contributed by atoms with Crippen LogP contribution in [0, 0.1) is 6.92 Å². The number of hydrogen-bond acceptors (Lipinski definition) is 3. The van der Waals surface area contributed by atoms with Crippen LogP contribution in [0.4, 0.5) is 5.69 Å². The number of hydrogen-bond donors (Lipinski definition) is 1. The topological polar surface area (TPSA) is 42.0 Å². The van der Waals surface area contributed by atoms with Crippen molar-refractivity contribution in [3.8, 4) is 11.3 Å². The molecule has 0 aliphatic rings. The second-order valence-electron chi connectivity index (χ2n) is 6.27. The number of carbonyl (C=O) groups is 1. The number of benzene rings is 2. The summed E-state index contributed by atoms with van der Waals surface area (Å²) in [7, 11) is 0. The lowest BCUT2D eigenvalue weighted by Crippen LogP contribution is -2.13. The summed E-state index contributed by atoms with van der Waals surface area (Å²) >= 11 is 1.59. The molecule has 0 bridgehead atoms. The lowest BCUT2D eigenvalue weighted by Gasteiger charge is -2.07. The molecule has 4 rings (SSSR count). The third-order valence-electron chi connectivity index (χ3n) is 4.22. The summed E-state index contributed by atoms with van der Waals surface area (Å²) in [4.78, 5) is 17.9. The molecule has 0 saturated carbocycles. The van der Waals surface area contributed by atoms with Crippen molar-refractivity contribution >= 4 is 33.8 Å². The highest BCUT2D eigenvalue weighted by Gasteiger charge is 2.06. The van der Waals surface area contributed by atoms with Crippen molar-refractivity contribution < 1.29 is 4.79 Å². The number of pyridine rings is 1. The van der Waals surface area contributed by atoms with Gasteiger partial charge in [-0.2, -0.15) is 0 Å². The van der Waals surface area contributed by atoms with Gasteiger partial charge in [0.05, 0.1) is 17.6 Å². The van der Waals surface area contributed by atoms with Gasteiger partial charge in [-0.05, 0) is 48.7 Å². The smallest absolute Gasteiger partial charge is 0.229 e. The zero-order valence-electron chi connectivity index (χ0n) is 14.4. The van der Waals surface area contributed by atoms with Crippen LogP contribution in [0.15, 0.2) is 72.1 Å². The fraction of sp³-hybridized carbons (Fsp3) is 0.0909. The summed E-state index contributed by atoms with van der Waals surface area (Å²) in [5, 5.41) is 6.07. The molecule has 0 radical (unpaired) electrons. The molecule has 0 aliphatic carbocycles. The number of thiophene rings is 1. The van der Waals surface area contributed by atoms with Gasteiger partial charge in [0, 0.05) is 21.5 Å². The maximum atomic E-state index is 12.1. The van der Waals surface area contributed by atoms with Crippen LogP contribution in [0.1, 0.15) is 10.4 Å². The van der Waals surface area contributed by atoms with Gasteiger partial charge in [-0.15, -0.1) is 11.3 Å². The fourth-order valence-corrected chi connectivity index (χ4v) is 3.61. The van der Waals surface area contributed by atoms with Gasteiger partial charge in [-0.3, -0.25) is 4.79 Å². The zero-order chi connectivity index (χ0) is 17.9. The predicted molar refractivity (Wildman–Crippen MR) is 109 cm³/mol. The molecule has 1 amide bonds. The number of fused-ring (bicyclic) bond motifs is 1. The van der Waals surface area contributed by atoms with E-state index in [1.807, 2.05) is 53.9 Å². The van der Waals surface area contributed by atoms with Gasteiger partial charge in [-0.25, -0.2) is 4.98 Å². The maximum absolute atomic E-state index is 12.1. The Kier molecular flexibility index (Phi) is 4.50. The third kappa shape index (κ3) is 3.65. The van der Waals surface area contributed by atoms with Crippen LogP contribution in [0.2, 0.25) is 0 Å². The SMILES string of the molecule is Cc1ccc2nc(-c3ccc(NC(=O)Cc4cccs4)cc3)ccc2c1. The molecule has 0 atom stereocenters. The van der Waals surface area contributed by atoms with E-state index in [9.17, 15) is 4.79 Å². The molecule has 0 spiro atoms. The first kappa shape index (κ1) is 16.5. The highest BCUT2D eigenvalue weighted by molar-refractivity contribution is 7.10. The molecule has 2 aromatic heterocycles. The summed E-state index contributed by atoms with van der Waals surface area (Å²) in [6.45, 7) is 2.08. The third-order valence-corrected chi connectivity index (χ3v) is 5.10. The van der Waals surface area contributed by atoms with Gasteiger partial charge in [0.2, 0.25) is 5.91 Å². The first-order valence-electron chi connectivity index (χ1n) is 8.47. The lowest BCUT2D eigenvalue weighted by molar-refractivity contribution is -0.115. The van der Waals surface area contributed by atoms with Gasteiger partial charge in [0.25, 0.3) is 0 Å². The van der Waals surface area contributed by atoms with Crippen molar-refractivity contribution in [1.29, 1.82) is 0 Å². The summed E-state index contributed by atoms with van der Waals surface area (Å²) in [5.41, 5.74) is 4.98. The summed E-state index contributed by atoms with van der Waals surface area (Å²) in [6, 6.07) is 22.1. The molecular weight excluding hydrogens is 340 g/mol. The minimum atomic E-state index is -0.000556. The fourth-order valence-electron chi connectivity index (χ4n) is 2.91. The van der Waals surface area contributed by atoms with Crippen LogP contribution in [-0.2, 0) is 11.2 Å². The van der Waals surface area contributed by atoms with E-state index in [0.29, 0.717) is 6.42 Å². The second kappa shape index (κ2) is 7.10. The normalized spacial score (nSPS) is 10.8. The molecule has 4 aromatic rings. The van der Waals surface area contributed by atoms with Crippen LogP contribution in [0.5, 0.6) is 0 Å². The molecule has 0 fully saturated rings. The summed E-state index contributed by atoms with van der Waals surface area (Å²) in [5.74, 6) is -0.000556. The van der Waals surface area contributed by atoms with E-state index in [-0.39, 0.29) is 5.91 Å². The van der Waals surface area contributed by atoms with Crippen molar-refractivity contribution in [3.05, 3.63) is 82.6 Å².